The zero-order valence-corrected chi connectivity index (χ0v) is 8.84. The average molecular weight is 203 g/mol. The van der Waals surface area contributed by atoms with Gasteiger partial charge in [0.05, 0.1) is 18.2 Å². The van der Waals surface area contributed by atoms with Crippen LogP contribution in [0.2, 0.25) is 0 Å². The molecule has 4 heteroatoms. The summed E-state index contributed by atoms with van der Waals surface area (Å²) in [6.07, 6.45) is 0. The molecule has 1 unspecified atom stereocenters. The van der Waals surface area contributed by atoms with Gasteiger partial charge in [0.15, 0.2) is 0 Å². The Morgan fingerprint density at radius 2 is 2.20 bits per heavy atom. The molecule has 0 spiro atoms. The number of hydrogen-bond acceptors (Lipinski definition) is 2. The van der Waals surface area contributed by atoms with Gasteiger partial charge in [0, 0.05) is 4.91 Å². The standard InChI is InChI=1S/C11H13N3O/c1-11(2)10(13-14-12)9-6-4-3-5-8(9)7-15-11/h3-6,10H,7H2,1-2H3. The van der Waals surface area contributed by atoms with Crippen molar-refractivity contribution >= 4 is 0 Å². The van der Waals surface area contributed by atoms with Crippen molar-refractivity contribution in [3.8, 4) is 0 Å². The molecule has 0 saturated carbocycles. The zero-order chi connectivity index (χ0) is 10.9. The van der Waals surface area contributed by atoms with Crippen LogP contribution in [0.1, 0.15) is 31.0 Å². The van der Waals surface area contributed by atoms with Gasteiger partial charge < -0.3 is 4.74 Å². The monoisotopic (exact) mass is 203 g/mol. The van der Waals surface area contributed by atoms with Crippen LogP contribution >= 0.6 is 0 Å². The fourth-order valence-electron chi connectivity index (χ4n) is 1.90. The maximum Gasteiger partial charge on any atom is 0.0913 e. The first-order valence-corrected chi connectivity index (χ1v) is 4.91. The summed E-state index contributed by atoms with van der Waals surface area (Å²) in [6.45, 7) is 4.48. The molecule has 0 aromatic heterocycles. The summed E-state index contributed by atoms with van der Waals surface area (Å²) < 4.78 is 5.69. The van der Waals surface area contributed by atoms with E-state index in [1.54, 1.807) is 0 Å². The molecule has 0 bridgehead atoms. The predicted octanol–water partition coefficient (Wildman–Crippen LogP) is 3.35. The molecule has 1 atom stereocenters. The van der Waals surface area contributed by atoms with E-state index >= 15 is 0 Å². The molecule has 0 N–H and O–H groups in total. The lowest BCUT2D eigenvalue weighted by Crippen LogP contribution is -2.35. The van der Waals surface area contributed by atoms with E-state index in [1.807, 2.05) is 38.1 Å². The van der Waals surface area contributed by atoms with E-state index < -0.39 is 5.60 Å². The molecule has 2 rings (SSSR count). The summed E-state index contributed by atoms with van der Waals surface area (Å²) in [6, 6.07) is 7.68. The van der Waals surface area contributed by atoms with E-state index in [1.165, 1.54) is 0 Å². The molecule has 4 nitrogen and oxygen atoms in total. The van der Waals surface area contributed by atoms with Crippen molar-refractivity contribution in [3.05, 3.63) is 45.8 Å². The molecule has 0 saturated heterocycles. The molecule has 1 aromatic carbocycles. The lowest BCUT2D eigenvalue weighted by atomic mass is 9.87. The first-order valence-electron chi connectivity index (χ1n) is 4.91. The van der Waals surface area contributed by atoms with Gasteiger partial charge >= 0.3 is 0 Å². The van der Waals surface area contributed by atoms with Crippen molar-refractivity contribution in [3.63, 3.8) is 0 Å². The Labute approximate surface area is 88.5 Å². The van der Waals surface area contributed by atoms with Crippen LogP contribution in [0.4, 0.5) is 0 Å². The Balaban J connectivity index is 2.52. The highest BCUT2D eigenvalue weighted by Gasteiger charge is 2.36. The highest BCUT2D eigenvalue weighted by Crippen LogP contribution is 2.39. The molecule has 0 amide bonds. The molecule has 1 heterocycles. The van der Waals surface area contributed by atoms with Crippen molar-refractivity contribution in [1.82, 2.24) is 0 Å². The molecule has 0 fully saturated rings. The molecular weight excluding hydrogens is 190 g/mol. The van der Waals surface area contributed by atoms with Gasteiger partial charge in [-0.25, -0.2) is 0 Å². The lowest BCUT2D eigenvalue weighted by Gasteiger charge is -2.37. The van der Waals surface area contributed by atoms with Crippen LogP contribution in [0.15, 0.2) is 29.4 Å². The van der Waals surface area contributed by atoms with Gasteiger partial charge in [-0.3, -0.25) is 0 Å². The van der Waals surface area contributed by atoms with Crippen LogP contribution in [0.5, 0.6) is 0 Å². The lowest BCUT2D eigenvalue weighted by molar-refractivity contribution is -0.0603. The molecule has 0 aliphatic carbocycles. The Hall–Kier alpha value is -1.51. The Bertz CT molecular complexity index is 422. The number of benzene rings is 1. The van der Waals surface area contributed by atoms with Crippen molar-refractivity contribution in [2.45, 2.75) is 32.1 Å². The SMILES string of the molecule is CC1(C)OCc2ccccc2C1N=[N+]=[N-]. The third-order valence-electron chi connectivity index (χ3n) is 2.77. The molecule has 0 radical (unpaired) electrons. The summed E-state index contributed by atoms with van der Waals surface area (Å²) in [4.78, 5) is 2.90. The van der Waals surface area contributed by atoms with Crippen molar-refractivity contribution in [2.24, 2.45) is 5.11 Å². The number of ether oxygens (including phenoxy) is 1. The first-order chi connectivity index (χ1) is 7.15. The third-order valence-corrected chi connectivity index (χ3v) is 2.77. The Kier molecular flexibility index (Phi) is 2.39. The molecule has 1 aliphatic rings. The maximum atomic E-state index is 8.58. The molecular formula is C11H13N3O. The van der Waals surface area contributed by atoms with Crippen LogP contribution in [-0.4, -0.2) is 5.60 Å². The Morgan fingerprint density at radius 3 is 2.93 bits per heavy atom. The molecule has 1 aromatic rings. The predicted molar refractivity (Wildman–Crippen MR) is 57.2 cm³/mol. The van der Waals surface area contributed by atoms with E-state index in [0.29, 0.717) is 6.61 Å². The smallest absolute Gasteiger partial charge is 0.0913 e. The van der Waals surface area contributed by atoms with Gasteiger partial charge in [-0.2, -0.15) is 0 Å². The van der Waals surface area contributed by atoms with Crippen molar-refractivity contribution < 1.29 is 4.74 Å². The summed E-state index contributed by atoms with van der Waals surface area (Å²) in [5.41, 5.74) is 10.3. The molecule has 1 aliphatic heterocycles. The second kappa shape index (κ2) is 3.57. The molecule has 15 heavy (non-hydrogen) atoms. The van der Waals surface area contributed by atoms with Crippen LogP contribution in [-0.2, 0) is 11.3 Å². The largest absolute Gasteiger partial charge is 0.370 e. The number of nitrogens with zero attached hydrogens (tertiary/aromatic N) is 3. The first kappa shape index (κ1) is 10.0. The summed E-state index contributed by atoms with van der Waals surface area (Å²) >= 11 is 0. The normalized spacial score (nSPS) is 22.7. The van der Waals surface area contributed by atoms with Crippen molar-refractivity contribution in [2.75, 3.05) is 0 Å². The Morgan fingerprint density at radius 1 is 1.47 bits per heavy atom. The van der Waals surface area contributed by atoms with Crippen LogP contribution in [0.3, 0.4) is 0 Å². The van der Waals surface area contributed by atoms with Gasteiger partial charge in [0.25, 0.3) is 0 Å². The van der Waals surface area contributed by atoms with E-state index in [0.717, 1.165) is 11.1 Å². The highest BCUT2D eigenvalue weighted by atomic mass is 16.5. The van der Waals surface area contributed by atoms with Crippen LogP contribution in [0.25, 0.3) is 10.4 Å². The highest BCUT2D eigenvalue weighted by molar-refractivity contribution is 5.33. The summed E-state index contributed by atoms with van der Waals surface area (Å²) in [5, 5.41) is 3.83. The summed E-state index contributed by atoms with van der Waals surface area (Å²) in [7, 11) is 0. The van der Waals surface area contributed by atoms with E-state index in [9.17, 15) is 0 Å². The fraction of sp³-hybridized carbons (Fsp3) is 0.455. The van der Waals surface area contributed by atoms with Crippen molar-refractivity contribution in [1.29, 1.82) is 0 Å². The quantitative estimate of drug-likeness (QED) is 0.392. The average Bonchev–Trinajstić information content (AvgIpc) is 2.23. The minimum Gasteiger partial charge on any atom is -0.370 e. The maximum absolute atomic E-state index is 8.58. The van der Waals surface area contributed by atoms with Gasteiger partial charge in [0.2, 0.25) is 0 Å². The number of fused-ring (bicyclic) bond motifs is 1. The van der Waals surface area contributed by atoms with Crippen LogP contribution in [0, 0.1) is 0 Å². The zero-order valence-electron chi connectivity index (χ0n) is 8.84. The van der Waals surface area contributed by atoms with E-state index in [-0.39, 0.29) is 6.04 Å². The fourth-order valence-corrected chi connectivity index (χ4v) is 1.90. The second-order valence-corrected chi connectivity index (χ2v) is 4.20. The van der Waals surface area contributed by atoms with Gasteiger partial charge in [-0.05, 0) is 30.5 Å². The minimum atomic E-state index is -0.430. The topological polar surface area (TPSA) is 58.0 Å². The van der Waals surface area contributed by atoms with E-state index in [2.05, 4.69) is 10.0 Å². The number of azide groups is 1. The summed E-state index contributed by atoms with van der Waals surface area (Å²) in [5.74, 6) is 0. The van der Waals surface area contributed by atoms with Gasteiger partial charge in [-0.15, -0.1) is 0 Å². The number of rotatable bonds is 1. The van der Waals surface area contributed by atoms with Gasteiger partial charge in [0.1, 0.15) is 0 Å². The second-order valence-electron chi connectivity index (χ2n) is 4.20. The third kappa shape index (κ3) is 1.69. The number of hydrogen-bond donors (Lipinski definition) is 0. The molecule has 78 valence electrons. The van der Waals surface area contributed by atoms with Crippen LogP contribution < -0.4 is 0 Å². The minimum absolute atomic E-state index is 0.243. The van der Waals surface area contributed by atoms with Gasteiger partial charge in [-0.1, -0.05) is 29.4 Å². The van der Waals surface area contributed by atoms with E-state index in [4.69, 9.17) is 10.3 Å².